The van der Waals surface area contributed by atoms with Gasteiger partial charge in [0.2, 0.25) is 0 Å². The molecule has 2 heterocycles. The first-order valence-electron chi connectivity index (χ1n) is 6.64. The number of amides is 1. The molecular formula is C14H18N4O. The number of carbonyl (C=O) groups is 1. The van der Waals surface area contributed by atoms with Crippen molar-refractivity contribution in [3.8, 4) is 6.07 Å². The third-order valence-corrected chi connectivity index (χ3v) is 3.42. The van der Waals surface area contributed by atoms with Crippen LogP contribution in [-0.4, -0.2) is 41.5 Å². The predicted molar refractivity (Wildman–Crippen MR) is 71.6 cm³/mol. The second-order valence-electron chi connectivity index (χ2n) is 4.64. The maximum Gasteiger partial charge on any atom is 0.272 e. The first-order chi connectivity index (χ1) is 9.26. The summed E-state index contributed by atoms with van der Waals surface area (Å²) in [7, 11) is 0. The van der Waals surface area contributed by atoms with E-state index >= 15 is 0 Å². The van der Waals surface area contributed by atoms with Gasteiger partial charge in [-0.15, -0.1) is 0 Å². The van der Waals surface area contributed by atoms with Crippen molar-refractivity contribution in [3.63, 3.8) is 0 Å². The zero-order valence-electron chi connectivity index (χ0n) is 11.1. The average molecular weight is 258 g/mol. The van der Waals surface area contributed by atoms with Crippen LogP contribution in [0.4, 0.5) is 0 Å². The SMILES string of the molecule is CCN(C(=O)c1ccc(C#N)cn1)C1CCCNC1. The maximum absolute atomic E-state index is 12.4. The molecule has 0 saturated carbocycles. The van der Waals surface area contributed by atoms with E-state index in [2.05, 4.69) is 10.3 Å². The Morgan fingerprint density at radius 3 is 3.00 bits per heavy atom. The Bertz CT molecular complexity index is 471. The Hall–Kier alpha value is -1.93. The Morgan fingerprint density at radius 2 is 2.47 bits per heavy atom. The van der Waals surface area contributed by atoms with Gasteiger partial charge in [0.1, 0.15) is 11.8 Å². The molecule has 100 valence electrons. The van der Waals surface area contributed by atoms with Gasteiger partial charge >= 0.3 is 0 Å². The lowest BCUT2D eigenvalue weighted by atomic mass is 10.1. The fourth-order valence-corrected chi connectivity index (χ4v) is 2.40. The number of likely N-dealkylation sites (N-methyl/N-ethyl adjacent to an activating group) is 1. The minimum absolute atomic E-state index is 0.0549. The van der Waals surface area contributed by atoms with E-state index in [9.17, 15) is 4.79 Å². The quantitative estimate of drug-likeness (QED) is 0.883. The lowest BCUT2D eigenvalue weighted by Gasteiger charge is -2.33. The van der Waals surface area contributed by atoms with Crippen LogP contribution in [0.5, 0.6) is 0 Å². The van der Waals surface area contributed by atoms with Crippen molar-refractivity contribution in [3.05, 3.63) is 29.6 Å². The molecule has 1 aliphatic rings. The molecule has 0 bridgehead atoms. The summed E-state index contributed by atoms with van der Waals surface area (Å²) >= 11 is 0. The van der Waals surface area contributed by atoms with E-state index in [1.165, 1.54) is 6.20 Å². The fraction of sp³-hybridized carbons (Fsp3) is 0.500. The summed E-state index contributed by atoms with van der Waals surface area (Å²) in [6.07, 6.45) is 3.57. The van der Waals surface area contributed by atoms with E-state index < -0.39 is 0 Å². The molecule has 1 fully saturated rings. The number of rotatable bonds is 3. The number of carbonyl (C=O) groups excluding carboxylic acids is 1. The van der Waals surface area contributed by atoms with Gasteiger partial charge in [-0.25, -0.2) is 4.98 Å². The highest BCUT2D eigenvalue weighted by molar-refractivity contribution is 5.92. The molecule has 1 aromatic heterocycles. The molecule has 1 atom stereocenters. The average Bonchev–Trinajstić information content (AvgIpc) is 2.49. The second kappa shape index (κ2) is 6.30. The molecular weight excluding hydrogens is 240 g/mol. The molecule has 1 aromatic rings. The number of nitrogens with zero attached hydrogens (tertiary/aromatic N) is 3. The van der Waals surface area contributed by atoms with Gasteiger partial charge in [-0.05, 0) is 38.4 Å². The van der Waals surface area contributed by atoms with Gasteiger partial charge in [0, 0.05) is 25.3 Å². The summed E-state index contributed by atoms with van der Waals surface area (Å²) < 4.78 is 0. The number of aromatic nitrogens is 1. The standard InChI is InChI=1S/C14H18N4O/c1-2-18(12-4-3-7-16-10-12)14(19)13-6-5-11(8-15)9-17-13/h5-6,9,12,16H,2-4,7,10H2,1H3. The van der Waals surface area contributed by atoms with Crippen molar-refractivity contribution in [1.82, 2.24) is 15.2 Å². The van der Waals surface area contributed by atoms with Crippen LogP contribution in [0.1, 0.15) is 35.8 Å². The Kier molecular flexibility index (Phi) is 4.48. The van der Waals surface area contributed by atoms with Crippen LogP contribution >= 0.6 is 0 Å². The lowest BCUT2D eigenvalue weighted by Crippen LogP contribution is -2.48. The van der Waals surface area contributed by atoms with Gasteiger partial charge in [-0.3, -0.25) is 4.79 Å². The number of hydrogen-bond acceptors (Lipinski definition) is 4. The maximum atomic E-state index is 12.4. The highest BCUT2D eigenvalue weighted by Gasteiger charge is 2.25. The van der Waals surface area contributed by atoms with Crippen LogP contribution in [0.3, 0.4) is 0 Å². The molecule has 1 aliphatic heterocycles. The molecule has 2 rings (SSSR count). The highest BCUT2D eigenvalue weighted by atomic mass is 16.2. The van der Waals surface area contributed by atoms with Gasteiger partial charge in [-0.2, -0.15) is 5.26 Å². The molecule has 0 aliphatic carbocycles. The van der Waals surface area contributed by atoms with Gasteiger partial charge in [0.05, 0.1) is 5.56 Å². The topological polar surface area (TPSA) is 69.0 Å². The first-order valence-corrected chi connectivity index (χ1v) is 6.64. The van der Waals surface area contributed by atoms with Crippen LogP contribution in [0.2, 0.25) is 0 Å². The Morgan fingerprint density at radius 1 is 1.63 bits per heavy atom. The minimum atomic E-state index is -0.0549. The molecule has 1 amide bonds. The van der Waals surface area contributed by atoms with Gasteiger partial charge in [-0.1, -0.05) is 0 Å². The predicted octanol–water partition coefficient (Wildman–Crippen LogP) is 1.17. The summed E-state index contributed by atoms with van der Waals surface area (Å²) in [5, 5.41) is 12.0. The lowest BCUT2D eigenvalue weighted by molar-refractivity contribution is 0.0656. The molecule has 0 spiro atoms. The number of piperidine rings is 1. The van der Waals surface area contributed by atoms with E-state index in [-0.39, 0.29) is 11.9 Å². The summed E-state index contributed by atoms with van der Waals surface area (Å²) in [6, 6.07) is 5.50. The van der Waals surface area contributed by atoms with Crippen molar-refractivity contribution < 1.29 is 4.79 Å². The van der Waals surface area contributed by atoms with Gasteiger partial charge < -0.3 is 10.2 Å². The van der Waals surface area contributed by atoms with Crippen molar-refractivity contribution in [2.75, 3.05) is 19.6 Å². The number of nitrogens with one attached hydrogen (secondary N) is 1. The third-order valence-electron chi connectivity index (χ3n) is 3.42. The van der Waals surface area contributed by atoms with Crippen molar-refractivity contribution in [1.29, 1.82) is 5.26 Å². The van der Waals surface area contributed by atoms with Crippen molar-refractivity contribution in [2.45, 2.75) is 25.8 Å². The number of pyridine rings is 1. The number of nitriles is 1. The van der Waals surface area contributed by atoms with E-state index in [0.717, 1.165) is 25.9 Å². The second-order valence-corrected chi connectivity index (χ2v) is 4.64. The zero-order valence-corrected chi connectivity index (χ0v) is 11.1. The zero-order chi connectivity index (χ0) is 13.7. The molecule has 5 nitrogen and oxygen atoms in total. The monoisotopic (exact) mass is 258 g/mol. The molecule has 5 heteroatoms. The summed E-state index contributed by atoms with van der Waals surface area (Å²) in [5.74, 6) is -0.0549. The van der Waals surface area contributed by atoms with E-state index in [4.69, 9.17) is 5.26 Å². The largest absolute Gasteiger partial charge is 0.333 e. The van der Waals surface area contributed by atoms with Crippen LogP contribution in [0, 0.1) is 11.3 Å². The molecule has 1 N–H and O–H groups in total. The molecule has 1 saturated heterocycles. The molecule has 0 aromatic carbocycles. The van der Waals surface area contributed by atoms with Crippen LogP contribution in [-0.2, 0) is 0 Å². The van der Waals surface area contributed by atoms with Crippen LogP contribution in [0.15, 0.2) is 18.3 Å². The third kappa shape index (κ3) is 3.09. The van der Waals surface area contributed by atoms with E-state index in [0.29, 0.717) is 17.8 Å². The van der Waals surface area contributed by atoms with E-state index in [1.807, 2.05) is 17.9 Å². The van der Waals surface area contributed by atoms with Crippen molar-refractivity contribution >= 4 is 5.91 Å². The van der Waals surface area contributed by atoms with Crippen LogP contribution < -0.4 is 5.32 Å². The van der Waals surface area contributed by atoms with E-state index in [1.54, 1.807) is 12.1 Å². The molecule has 0 radical (unpaired) electrons. The van der Waals surface area contributed by atoms with Crippen molar-refractivity contribution in [2.24, 2.45) is 0 Å². The normalized spacial score (nSPS) is 18.6. The van der Waals surface area contributed by atoms with Gasteiger partial charge in [0.25, 0.3) is 5.91 Å². The summed E-state index contributed by atoms with van der Waals surface area (Å²) in [5.41, 5.74) is 0.880. The molecule has 1 unspecified atom stereocenters. The minimum Gasteiger partial charge on any atom is -0.333 e. The summed E-state index contributed by atoms with van der Waals surface area (Å²) in [4.78, 5) is 18.4. The number of hydrogen-bond donors (Lipinski definition) is 1. The van der Waals surface area contributed by atoms with Gasteiger partial charge in [0.15, 0.2) is 0 Å². The Labute approximate surface area is 113 Å². The first kappa shape index (κ1) is 13.5. The van der Waals surface area contributed by atoms with Crippen LogP contribution in [0.25, 0.3) is 0 Å². The fourth-order valence-electron chi connectivity index (χ4n) is 2.40. The molecule has 19 heavy (non-hydrogen) atoms. The summed E-state index contributed by atoms with van der Waals surface area (Å²) in [6.45, 7) is 4.52. The highest BCUT2D eigenvalue weighted by Crippen LogP contribution is 2.13. The smallest absolute Gasteiger partial charge is 0.272 e. The Balaban J connectivity index is 2.12.